The highest BCUT2D eigenvalue weighted by molar-refractivity contribution is 5.77. The van der Waals surface area contributed by atoms with Gasteiger partial charge in [-0.3, -0.25) is 0 Å². The van der Waals surface area contributed by atoms with E-state index in [9.17, 15) is 0 Å². The van der Waals surface area contributed by atoms with Gasteiger partial charge >= 0.3 is 0 Å². The quantitative estimate of drug-likeness (QED) is 0.729. The highest BCUT2D eigenvalue weighted by Gasteiger charge is 2.31. The maximum atomic E-state index is 6.10. The number of rotatable bonds is 0. The molecule has 2 aliphatic rings. The van der Waals surface area contributed by atoms with Crippen molar-refractivity contribution >= 4 is 22.7 Å². The van der Waals surface area contributed by atoms with Gasteiger partial charge in [-0.2, -0.15) is 0 Å². The lowest BCUT2D eigenvalue weighted by molar-refractivity contribution is 0.647. The van der Waals surface area contributed by atoms with Gasteiger partial charge in [0.25, 0.3) is 0 Å². The van der Waals surface area contributed by atoms with Gasteiger partial charge in [0.15, 0.2) is 0 Å². The monoisotopic (exact) mass is 280 g/mol. The summed E-state index contributed by atoms with van der Waals surface area (Å²) in [5, 5.41) is 0. The zero-order valence-corrected chi connectivity index (χ0v) is 12.5. The first kappa shape index (κ1) is 12.4. The van der Waals surface area contributed by atoms with Gasteiger partial charge in [-0.15, -0.1) is 0 Å². The second-order valence-corrected chi connectivity index (χ2v) is 6.11. The van der Waals surface area contributed by atoms with Crippen LogP contribution in [0.3, 0.4) is 0 Å². The Kier molecular flexibility index (Phi) is 2.40. The van der Waals surface area contributed by atoms with E-state index < -0.39 is 0 Å². The van der Waals surface area contributed by atoms with Crippen LogP contribution in [0.1, 0.15) is 22.3 Å². The summed E-state index contributed by atoms with van der Waals surface area (Å²) in [4.78, 5) is 4.84. The van der Waals surface area contributed by atoms with Crippen LogP contribution in [0.4, 0.5) is 22.7 Å². The highest BCUT2D eigenvalue weighted by atomic mass is 15.4. The molecule has 21 heavy (non-hydrogen) atoms. The Morgan fingerprint density at radius 3 is 1.62 bits per heavy atom. The van der Waals surface area contributed by atoms with Gasteiger partial charge in [-0.25, -0.2) is 0 Å². The van der Waals surface area contributed by atoms with Crippen LogP contribution in [0.15, 0.2) is 24.3 Å². The predicted molar refractivity (Wildman–Crippen MR) is 88.4 cm³/mol. The van der Waals surface area contributed by atoms with Gasteiger partial charge in [0.2, 0.25) is 0 Å². The predicted octanol–water partition coefficient (Wildman–Crippen LogP) is 2.77. The molecule has 2 bridgehead atoms. The molecule has 4 heteroatoms. The van der Waals surface area contributed by atoms with Crippen molar-refractivity contribution in [2.45, 2.75) is 26.9 Å². The summed E-state index contributed by atoms with van der Waals surface area (Å²) in [6, 6.07) is 8.35. The molecule has 2 aromatic carbocycles. The minimum Gasteiger partial charge on any atom is -0.398 e. The largest absolute Gasteiger partial charge is 0.398 e. The van der Waals surface area contributed by atoms with E-state index in [-0.39, 0.29) is 0 Å². The molecule has 0 amide bonds. The lowest BCUT2D eigenvalue weighted by Crippen LogP contribution is -2.46. The molecule has 0 saturated carbocycles. The molecule has 2 aromatic rings. The second-order valence-electron chi connectivity index (χ2n) is 6.11. The minimum atomic E-state index is 0.876. The number of hydrogen-bond donors (Lipinski definition) is 2. The van der Waals surface area contributed by atoms with Crippen LogP contribution >= 0.6 is 0 Å². The number of nitrogens with two attached hydrogens (primary N) is 2. The number of benzene rings is 2. The molecule has 4 nitrogen and oxygen atoms in total. The van der Waals surface area contributed by atoms with E-state index in [0.717, 1.165) is 31.1 Å². The van der Waals surface area contributed by atoms with Crippen molar-refractivity contribution in [2.24, 2.45) is 0 Å². The third-order valence-corrected chi connectivity index (χ3v) is 4.81. The number of nitrogens with zero attached hydrogens (tertiary/aromatic N) is 2. The number of nitrogen functional groups attached to an aromatic ring is 2. The van der Waals surface area contributed by atoms with Crippen molar-refractivity contribution in [3.63, 3.8) is 0 Å². The summed E-state index contributed by atoms with van der Waals surface area (Å²) < 4.78 is 0. The van der Waals surface area contributed by atoms with Crippen molar-refractivity contribution in [2.75, 3.05) is 27.9 Å². The van der Waals surface area contributed by atoms with Crippen molar-refractivity contribution in [3.8, 4) is 0 Å². The highest BCUT2D eigenvalue weighted by Crippen LogP contribution is 2.43. The van der Waals surface area contributed by atoms with E-state index >= 15 is 0 Å². The molecule has 2 aliphatic heterocycles. The first-order valence-electron chi connectivity index (χ1n) is 7.32. The van der Waals surface area contributed by atoms with E-state index in [1.807, 2.05) is 12.1 Å². The average Bonchev–Trinajstić information content (AvgIpc) is 2.46. The maximum absolute atomic E-state index is 6.10. The molecule has 0 unspecified atom stereocenters. The molecule has 2 heterocycles. The van der Waals surface area contributed by atoms with Gasteiger partial charge in [-0.1, -0.05) is 12.1 Å². The van der Waals surface area contributed by atoms with Gasteiger partial charge < -0.3 is 21.3 Å². The lowest BCUT2D eigenvalue weighted by atomic mass is 9.96. The molecule has 0 aromatic heterocycles. The number of anilines is 4. The third-order valence-electron chi connectivity index (χ3n) is 4.81. The molecule has 0 fully saturated rings. The molecule has 4 rings (SSSR count). The van der Waals surface area contributed by atoms with E-state index in [2.05, 4.69) is 35.8 Å². The SMILES string of the molecule is Cc1c(N)ccc2c1N1Cc3ccc(N)c(C)c3N(C2)C1. The van der Waals surface area contributed by atoms with Crippen LogP contribution in [0.2, 0.25) is 0 Å². The molecule has 4 N–H and O–H groups in total. The van der Waals surface area contributed by atoms with E-state index in [4.69, 9.17) is 11.5 Å². The number of hydrogen-bond acceptors (Lipinski definition) is 4. The van der Waals surface area contributed by atoms with Crippen molar-refractivity contribution in [1.29, 1.82) is 0 Å². The fraction of sp³-hybridized carbons (Fsp3) is 0.294. The summed E-state index contributed by atoms with van der Waals surface area (Å²) in [5.74, 6) is 0. The molecule has 0 aliphatic carbocycles. The average molecular weight is 280 g/mol. The van der Waals surface area contributed by atoms with Crippen LogP contribution in [-0.2, 0) is 13.1 Å². The first-order valence-corrected chi connectivity index (χ1v) is 7.32. The molecule has 0 radical (unpaired) electrons. The second kappa shape index (κ2) is 4.07. The topological polar surface area (TPSA) is 58.5 Å². The van der Waals surface area contributed by atoms with Gasteiger partial charge in [0.1, 0.15) is 0 Å². The molecule has 0 saturated heterocycles. The molecular weight excluding hydrogens is 260 g/mol. The van der Waals surface area contributed by atoms with Gasteiger partial charge in [0.05, 0.1) is 6.67 Å². The smallest absolute Gasteiger partial charge is 0.0910 e. The summed E-state index contributed by atoms with van der Waals surface area (Å²) in [6.07, 6.45) is 0. The molecular formula is C17H20N4. The fourth-order valence-corrected chi connectivity index (χ4v) is 3.70. The Morgan fingerprint density at radius 1 is 0.762 bits per heavy atom. The van der Waals surface area contributed by atoms with Crippen LogP contribution in [0, 0.1) is 13.8 Å². The van der Waals surface area contributed by atoms with Crippen LogP contribution in [-0.4, -0.2) is 6.67 Å². The van der Waals surface area contributed by atoms with Crippen molar-refractivity contribution < 1.29 is 0 Å². The van der Waals surface area contributed by atoms with E-state index in [1.165, 1.54) is 33.6 Å². The molecule has 0 atom stereocenters. The van der Waals surface area contributed by atoms with Crippen LogP contribution in [0.5, 0.6) is 0 Å². The van der Waals surface area contributed by atoms with Crippen molar-refractivity contribution in [3.05, 3.63) is 46.5 Å². The number of fused-ring (bicyclic) bond motifs is 6. The zero-order valence-electron chi connectivity index (χ0n) is 12.5. The normalized spacial score (nSPS) is 15.7. The van der Waals surface area contributed by atoms with Crippen molar-refractivity contribution in [1.82, 2.24) is 0 Å². The maximum Gasteiger partial charge on any atom is 0.0910 e. The Labute approximate surface area is 125 Å². The van der Waals surface area contributed by atoms with Gasteiger partial charge in [0, 0.05) is 35.8 Å². The fourth-order valence-electron chi connectivity index (χ4n) is 3.70. The Bertz CT molecular complexity index is 687. The Balaban J connectivity index is 1.89. The zero-order chi connectivity index (χ0) is 14.7. The van der Waals surface area contributed by atoms with Gasteiger partial charge in [-0.05, 0) is 48.2 Å². The molecule has 0 spiro atoms. The first-order chi connectivity index (χ1) is 10.1. The third kappa shape index (κ3) is 1.62. The van der Waals surface area contributed by atoms with Crippen LogP contribution in [0.25, 0.3) is 0 Å². The Morgan fingerprint density at radius 2 is 1.19 bits per heavy atom. The summed E-state index contributed by atoms with van der Waals surface area (Å²) >= 11 is 0. The van der Waals surface area contributed by atoms with E-state index in [0.29, 0.717) is 0 Å². The molecule has 108 valence electrons. The lowest BCUT2D eigenvalue weighted by Gasteiger charge is -2.46. The summed E-state index contributed by atoms with van der Waals surface area (Å²) in [5.41, 5.74) is 21.7. The summed E-state index contributed by atoms with van der Waals surface area (Å²) in [7, 11) is 0. The Hall–Kier alpha value is -2.36. The van der Waals surface area contributed by atoms with Crippen LogP contribution < -0.4 is 21.3 Å². The summed E-state index contributed by atoms with van der Waals surface area (Å²) in [6.45, 7) is 6.99. The van der Waals surface area contributed by atoms with E-state index in [1.54, 1.807) is 0 Å². The standard InChI is InChI=1S/C17H20N4/c1-10-14(18)5-3-12-7-21-9-20(16(10)12)8-13-4-6-15(19)11(2)17(13)21/h3-6H,7-9,18-19H2,1-2H3. The minimum absolute atomic E-state index is 0.876.